The molecule has 0 radical (unpaired) electrons. The Morgan fingerprint density at radius 3 is 2.24 bits per heavy atom. The Balaban J connectivity index is 3.29. The van der Waals surface area contributed by atoms with Gasteiger partial charge in [0, 0.05) is 5.41 Å². The standard InChI is InChI=1S/C9H12F3N3O2/c1-8(2,3)6-5(7(16)17)13-14-15(6)4-9(10,11)12/h4H2,1-3H3,(H,16,17). The number of carboxylic acid groups (broad SMARTS) is 1. The van der Waals surface area contributed by atoms with Crippen LogP contribution in [0.2, 0.25) is 0 Å². The highest BCUT2D eigenvalue weighted by Crippen LogP contribution is 2.27. The SMILES string of the molecule is CC(C)(C)c1c(C(=O)O)nnn1CC(F)(F)F. The van der Waals surface area contributed by atoms with Crippen LogP contribution in [0.4, 0.5) is 13.2 Å². The molecule has 5 nitrogen and oxygen atoms in total. The molecule has 1 aromatic heterocycles. The minimum atomic E-state index is -4.47. The Morgan fingerprint density at radius 2 is 1.88 bits per heavy atom. The van der Waals surface area contributed by atoms with E-state index in [0.717, 1.165) is 0 Å². The van der Waals surface area contributed by atoms with Gasteiger partial charge in [-0.1, -0.05) is 26.0 Å². The Bertz CT molecular complexity index is 432. The first-order valence-corrected chi connectivity index (χ1v) is 4.76. The molecule has 1 rings (SSSR count). The molecule has 8 heteroatoms. The van der Waals surface area contributed by atoms with E-state index in [-0.39, 0.29) is 5.69 Å². The summed E-state index contributed by atoms with van der Waals surface area (Å²) in [6.45, 7) is 3.46. The number of hydrogen-bond acceptors (Lipinski definition) is 3. The fourth-order valence-corrected chi connectivity index (χ4v) is 1.48. The van der Waals surface area contributed by atoms with Crippen LogP contribution in [0.5, 0.6) is 0 Å². The number of hydrogen-bond donors (Lipinski definition) is 1. The Kier molecular flexibility index (Phi) is 3.17. The number of nitrogens with zero attached hydrogens (tertiary/aromatic N) is 3. The fourth-order valence-electron chi connectivity index (χ4n) is 1.48. The van der Waals surface area contributed by atoms with Crippen molar-refractivity contribution in [1.82, 2.24) is 15.0 Å². The number of alkyl halides is 3. The van der Waals surface area contributed by atoms with E-state index in [0.29, 0.717) is 4.68 Å². The molecule has 0 spiro atoms. The second-order valence-corrected chi connectivity index (χ2v) is 4.61. The van der Waals surface area contributed by atoms with Gasteiger partial charge in [0.15, 0.2) is 5.69 Å². The van der Waals surface area contributed by atoms with Crippen LogP contribution < -0.4 is 0 Å². The summed E-state index contributed by atoms with van der Waals surface area (Å²) in [6, 6.07) is 0. The molecule has 0 saturated heterocycles. The van der Waals surface area contributed by atoms with Crippen molar-refractivity contribution in [2.75, 3.05) is 0 Å². The first-order valence-electron chi connectivity index (χ1n) is 4.76. The van der Waals surface area contributed by atoms with Crippen LogP contribution in [0.3, 0.4) is 0 Å². The van der Waals surface area contributed by atoms with Gasteiger partial charge in [-0.25, -0.2) is 9.48 Å². The molecule has 0 amide bonds. The summed E-state index contributed by atoms with van der Waals surface area (Å²) < 4.78 is 37.4. The van der Waals surface area contributed by atoms with Crippen molar-refractivity contribution in [1.29, 1.82) is 0 Å². The summed E-state index contributed by atoms with van der Waals surface area (Å²) in [4.78, 5) is 10.9. The maximum Gasteiger partial charge on any atom is 0.408 e. The predicted molar refractivity (Wildman–Crippen MR) is 51.7 cm³/mol. The summed E-state index contributed by atoms with van der Waals surface area (Å²) in [5, 5.41) is 15.4. The topological polar surface area (TPSA) is 68.0 Å². The van der Waals surface area contributed by atoms with Gasteiger partial charge in [0.05, 0.1) is 5.69 Å². The molecule has 96 valence electrons. The Morgan fingerprint density at radius 1 is 1.35 bits per heavy atom. The molecule has 1 N–H and O–H groups in total. The molecule has 0 aliphatic heterocycles. The molecule has 0 fully saturated rings. The minimum absolute atomic E-state index is 0.0395. The van der Waals surface area contributed by atoms with E-state index in [9.17, 15) is 18.0 Å². The average molecular weight is 251 g/mol. The molecule has 0 aliphatic carbocycles. The van der Waals surface area contributed by atoms with Crippen molar-refractivity contribution in [3.05, 3.63) is 11.4 Å². The van der Waals surface area contributed by atoms with Crippen LogP contribution in [-0.4, -0.2) is 32.2 Å². The first kappa shape index (κ1) is 13.5. The lowest BCUT2D eigenvalue weighted by atomic mass is 9.90. The van der Waals surface area contributed by atoms with Crippen LogP contribution >= 0.6 is 0 Å². The number of rotatable bonds is 2. The molecular weight excluding hydrogens is 239 g/mol. The lowest BCUT2D eigenvalue weighted by molar-refractivity contribution is -0.143. The van der Waals surface area contributed by atoms with E-state index in [1.165, 1.54) is 0 Å². The highest BCUT2D eigenvalue weighted by atomic mass is 19.4. The molecule has 1 heterocycles. The molecule has 17 heavy (non-hydrogen) atoms. The van der Waals surface area contributed by atoms with Gasteiger partial charge < -0.3 is 5.11 Å². The maximum absolute atomic E-state index is 12.3. The smallest absolute Gasteiger partial charge is 0.408 e. The lowest BCUT2D eigenvalue weighted by Gasteiger charge is -2.20. The maximum atomic E-state index is 12.3. The third-order valence-corrected chi connectivity index (χ3v) is 1.98. The third-order valence-electron chi connectivity index (χ3n) is 1.98. The zero-order chi connectivity index (χ0) is 13.4. The van der Waals surface area contributed by atoms with Crippen molar-refractivity contribution in [3.63, 3.8) is 0 Å². The van der Waals surface area contributed by atoms with Crippen LogP contribution in [0.25, 0.3) is 0 Å². The van der Waals surface area contributed by atoms with Crippen LogP contribution in [0.15, 0.2) is 0 Å². The van der Waals surface area contributed by atoms with Crippen molar-refractivity contribution in [2.24, 2.45) is 0 Å². The zero-order valence-corrected chi connectivity index (χ0v) is 9.54. The second-order valence-electron chi connectivity index (χ2n) is 4.61. The monoisotopic (exact) mass is 251 g/mol. The van der Waals surface area contributed by atoms with Gasteiger partial charge in [-0.15, -0.1) is 5.10 Å². The van der Waals surface area contributed by atoms with E-state index >= 15 is 0 Å². The van der Waals surface area contributed by atoms with E-state index in [1.807, 2.05) is 0 Å². The average Bonchev–Trinajstić information content (AvgIpc) is 2.43. The van der Waals surface area contributed by atoms with Gasteiger partial charge in [-0.2, -0.15) is 13.2 Å². The van der Waals surface area contributed by atoms with Crippen molar-refractivity contribution >= 4 is 5.97 Å². The summed E-state index contributed by atoms with van der Waals surface area (Å²) >= 11 is 0. The van der Waals surface area contributed by atoms with Gasteiger partial charge in [0.2, 0.25) is 0 Å². The predicted octanol–water partition coefficient (Wildman–Crippen LogP) is 1.84. The van der Waals surface area contributed by atoms with Crippen molar-refractivity contribution in [3.8, 4) is 0 Å². The van der Waals surface area contributed by atoms with Crippen molar-refractivity contribution < 1.29 is 23.1 Å². The molecule has 0 saturated carbocycles. The summed E-state index contributed by atoms with van der Waals surface area (Å²) in [5.74, 6) is -1.39. The highest BCUT2D eigenvalue weighted by molar-refractivity contribution is 5.86. The highest BCUT2D eigenvalue weighted by Gasteiger charge is 2.35. The molecule has 0 aromatic carbocycles. The summed E-state index contributed by atoms with van der Waals surface area (Å²) in [5.41, 5.74) is -1.27. The van der Waals surface area contributed by atoms with Gasteiger partial charge in [-0.05, 0) is 0 Å². The number of carbonyl (C=O) groups is 1. The van der Waals surface area contributed by atoms with Crippen molar-refractivity contribution in [2.45, 2.75) is 38.9 Å². The van der Waals surface area contributed by atoms with Gasteiger partial charge >= 0.3 is 12.1 Å². The summed E-state index contributed by atoms with van der Waals surface area (Å²) in [6.07, 6.45) is -4.47. The van der Waals surface area contributed by atoms with E-state index in [4.69, 9.17) is 5.11 Å². The molecule has 0 atom stereocenters. The lowest BCUT2D eigenvalue weighted by Crippen LogP contribution is -2.26. The molecule has 0 aliphatic rings. The van der Waals surface area contributed by atoms with Crippen LogP contribution in [0.1, 0.15) is 37.0 Å². The second kappa shape index (κ2) is 4.01. The number of aromatic carboxylic acids is 1. The van der Waals surface area contributed by atoms with E-state index in [2.05, 4.69) is 10.3 Å². The molecule has 0 bridgehead atoms. The van der Waals surface area contributed by atoms with E-state index in [1.54, 1.807) is 20.8 Å². The number of halogens is 3. The molecular formula is C9H12F3N3O2. The number of aromatic nitrogens is 3. The van der Waals surface area contributed by atoms with Crippen LogP contribution in [0, 0.1) is 0 Å². The largest absolute Gasteiger partial charge is 0.476 e. The summed E-state index contributed by atoms with van der Waals surface area (Å²) in [7, 11) is 0. The van der Waals surface area contributed by atoms with Gasteiger partial charge in [-0.3, -0.25) is 0 Å². The normalized spacial score (nSPS) is 12.8. The Hall–Kier alpha value is -1.60. The first-order chi connectivity index (χ1) is 7.52. The van der Waals surface area contributed by atoms with Gasteiger partial charge in [0.1, 0.15) is 6.54 Å². The zero-order valence-electron chi connectivity index (χ0n) is 9.54. The number of carboxylic acids is 1. The third kappa shape index (κ3) is 3.18. The molecule has 0 unspecified atom stereocenters. The molecule has 1 aromatic rings. The fraction of sp³-hybridized carbons (Fsp3) is 0.667. The quantitative estimate of drug-likeness (QED) is 0.870. The van der Waals surface area contributed by atoms with Crippen LogP contribution in [-0.2, 0) is 12.0 Å². The van der Waals surface area contributed by atoms with E-state index < -0.39 is 29.8 Å². The Labute approximate surface area is 95.2 Å². The van der Waals surface area contributed by atoms with Gasteiger partial charge in [0.25, 0.3) is 0 Å². The minimum Gasteiger partial charge on any atom is -0.476 e.